The summed E-state index contributed by atoms with van der Waals surface area (Å²) in [6.45, 7) is 0. The van der Waals surface area contributed by atoms with E-state index in [-0.39, 0.29) is 0 Å². The summed E-state index contributed by atoms with van der Waals surface area (Å²) in [6, 6.07) is 8.04. The molecule has 1 aliphatic rings. The minimum absolute atomic E-state index is 0.543. The molecule has 20 heavy (non-hydrogen) atoms. The van der Waals surface area contributed by atoms with Crippen molar-refractivity contribution < 1.29 is 0 Å². The van der Waals surface area contributed by atoms with Crippen LogP contribution in [0.1, 0.15) is 37.3 Å². The summed E-state index contributed by atoms with van der Waals surface area (Å²) in [6.07, 6.45) is 5.01. The minimum Gasteiger partial charge on any atom is -0.383 e. The van der Waals surface area contributed by atoms with Crippen molar-refractivity contribution in [3.63, 3.8) is 0 Å². The lowest BCUT2D eigenvalue weighted by molar-refractivity contribution is 0.691. The van der Waals surface area contributed by atoms with Crippen molar-refractivity contribution in [1.29, 1.82) is 0 Å². The highest BCUT2D eigenvalue weighted by atomic mass is 127. The molecule has 0 aliphatic heterocycles. The Morgan fingerprint density at radius 3 is 2.40 bits per heavy atom. The maximum atomic E-state index is 6.09. The summed E-state index contributed by atoms with van der Waals surface area (Å²) < 4.78 is 2.08. The largest absolute Gasteiger partial charge is 0.383 e. The first-order valence-electron chi connectivity index (χ1n) is 6.74. The van der Waals surface area contributed by atoms with Crippen molar-refractivity contribution in [1.82, 2.24) is 9.97 Å². The summed E-state index contributed by atoms with van der Waals surface area (Å²) in [4.78, 5) is 9.25. The molecule has 104 valence electrons. The van der Waals surface area contributed by atoms with Crippen LogP contribution < -0.4 is 5.73 Å². The van der Waals surface area contributed by atoms with E-state index in [1.807, 2.05) is 24.3 Å². The number of anilines is 1. The number of nitrogen functional groups attached to an aromatic ring is 1. The Kier molecular flexibility index (Phi) is 4.26. The van der Waals surface area contributed by atoms with Crippen LogP contribution in [0.2, 0.25) is 0 Å². The molecule has 0 atom stereocenters. The molecule has 3 rings (SSSR count). The van der Waals surface area contributed by atoms with E-state index < -0.39 is 0 Å². The van der Waals surface area contributed by atoms with Gasteiger partial charge >= 0.3 is 0 Å². The topological polar surface area (TPSA) is 51.8 Å². The van der Waals surface area contributed by atoms with Gasteiger partial charge in [-0.1, -0.05) is 40.9 Å². The lowest BCUT2D eigenvalue weighted by Crippen LogP contribution is -2.07. The number of hydrogen-bond donors (Lipinski definition) is 1. The number of benzene rings is 1. The third-order valence-electron chi connectivity index (χ3n) is 3.75. The van der Waals surface area contributed by atoms with Crippen LogP contribution in [0.5, 0.6) is 0 Å². The van der Waals surface area contributed by atoms with Gasteiger partial charge in [0, 0.05) is 16.0 Å². The van der Waals surface area contributed by atoms with Crippen LogP contribution in [0.25, 0.3) is 11.4 Å². The molecule has 1 aromatic heterocycles. The van der Waals surface area contributed by atoms with Gasteiger partial charge in [-0.25, -0.2) is 9.97 Å². The fourth-order valence-electron chi connectivity index (χ4n) is 2.68. The third kappa shape index (κ3) is 2.83. The predicted octanol–water partition coefficient (Wildman–Crippen LogP) is 4.75. The molecule has 1 heterocycles. The molecule has 0 unspecified atom stereocenters. The molecule has 1 saturated carbocycles. The molecule has 0 amide bonds. The SMILES string of the molecule is Nc1nc(-c2ccc(Br)cc2)nc(C2CCCC2)c1I. The normalized spacial score (nSPS) is 15.7. The lowest BCUT2D eigenvalue weighted by Gasteiger charge is -2.14. The Labute approximate surface area is 140 Å². The number of hydrogen-bond acceptors (Lipinski definition) is 3. The number of rotatable bonds is 2. The molecule has 2 N–H and O–H groups in total. The Morgan fingerprint density at radius 1 is 1.10 bits per heavy atom. The van der Waals surface area contributed by atoms with Gasteiger partial charge in [0.15, 0.2) is 5.82 Å². The van der Waals surface area contributed by atoms with Crippen molar-refractivity contribution in [2.75, 3.05) is 5.73 Å². The van der Waals surface area contributed by atoms with Gasteiger partial charge in [-0.2, -0.15) is 0 Å². The van der Waals surface area contributed by atoms with Crippen LogP contribution in [0.3, 0.4) is 0 Å². The van der Waals surface area contributed by atoms with Crippen molar-refractivity contribution in [2.24, 2.45) is 0 Å². The predicted molar refractivity (Wildman–Crippen MR) is 93.5 cm³/mol. The van der Waals surface area contributed by atoms with Crippen molar-refractivity contribution in [3.05, 3.63) is 38.0 Å². The number of halogens is 2. The first-order chi connectivity index (χ1) is 9.65. The zero-order chi connectivity index (χ0) is 14.1. The summed E-state index contributed by atoms with van der Waals surface area (Å²) in [7, 11) is 0. The van der Waals surface area contributed by atoms with E-state index in [2.05, 4.69) is 43.5 Å². The van der Waals surface area contributed by atoms with Crippen LogP contribution in [-0.4, -0.2) is 9.97 Å². The molecule has 0 bridgehead atoms. The highest BCUT2D eigenvalue weighted by molar-refractivity contribution is 14.1. The van der Waals surface area contributed by atoms with Crippen molar-refractivity contribution in [3.8, 4) is 11.4 Å². The second-order valence-corrected chi connectivity index (χ2v) is 7.11. The van der Waals surface area contributed by atoms with Gasteiger partial charge in [-0.3, -0.25) is 0 Å². The van der Waals surface area contributed by atoms with Crippen LogP contribution in [0.15, 0.2) is 28.7 Å². The molecule has 3 nitrogen and oxygen atoms in total. The highest BCUT2D eigenvalue weighted by Gasteiger charge is 2.23. The monoisotopic (exact) mass is 443 g/mol. The van der Waals surface area contributed by atoms with Gasteiger partial charge in [0.05, 0.1) is 9.26 Å². The molecule has 0 spiro atoms. The minimum atomic E-state index is 0.543. The summed E-state index contributed by atoms with van der Waals surface area (Å²) in [5.74, 6) is 1.87. The molecular formula is C15H15BrIN3. The average Bonchev–Trinajstić information content (AvgIpc) is 2.96. The first-order valence-corrected chi connectivity index (χ1v) is 8.61. The zero-order valence-corrected chi connectivity index (χ0v) is 14.7. The third-order valence-corrected chi connectivity index (χ3v) is 5.38. The second-order valence-electron chi connectivity index (χ2n) is 5.12. The molecular weight excluding hydrogens is 429 g/mol. The van der Waals surface area contributed by atoms with Gasteiger partial charge in [0.25, 0.3) is 0 Å². The Balaban J connectivity index is 2.05. The van der Waals surface area contributed by atoms with Gasteiger partial charge < -0.3 is 5.73 Å². The molecule has 0 radical (unpaired) electrons. The van der Waals surface area contributed by atoms with E-state index in [1.165, 1.54) is 25.7 Å². The van der Waals surface area contributed by atoms with Gasteiger partial charge in [-0.15, -0.1) is 0 Å². The van der Waals surface area contributed by atoms with Crippen LogP contribution in [0, 0.1) is 3.57 Å². The maximum absolute atomic E-state index is 6.09. The zero-order valence-electron chi connectivity index (χ0n) is 10.9. The van der Waals surface area contributed by atoms with Crippen LogP contribution in [-0.2, 0) is 0 Å². The van der Waals surface area contributed by atoms with Gasteiger partial charge in [-0.05, 0) is 47.6 Å². The second kappa shape index (κ2) is 5.97. The smallest absolute Gasteiger partial charge is 0.161 e. The first kappa shape index (κ1) is 14.3. The van der Waals surface area contributed by atoms with Gasteiger partial charge in [0.1, 0.15) is 5.82 Å². The summed E-state index contributed by atoms with van der Waals surface area (Å²) in [5.41, 5.74) is 8.23. The summed E-state index contributed by atoms with van der Waals surface area (Å²) >= 11 is 5.72. The number of nitrogens with zero attached hydrogens (tertiary/aromatic N) is 2. The Hall–Kier alpha value is -0.690. The quantitative estimate of drug-likeness (QED) is 0.681. The molecule has 2 aromatic rings. The van der Waals surface area contributed by atoms with Gasteiger partial charge in [0.2, 0.25) is 0 Å². The maximum Gasteiger partial charge on any atom is 0.161 e. The van der Waals surface area contributed by atoms with Crippen molar-refractivity contribution in [2.45, 2.75) is 31.6 Å². The molecule has 5 heteroatoms. The fourth-order valence-corrected chi connectivity index (χ4v) is 3.63. The van der Waals surface area contributed by atoms with E-state index in [4.69, 9.17) is 10.7 Å². The molecule has 1 aromatic carbocycles. The van der Waals surface area contributed by atoms with E-state index >= 15 is 0 Å². The highest BCUT2D eigenvalue weighted by Crippen LogP contribution is 2.37. The standard InChI is InChI=1S/C15H15BrIN3/c16-11-7-5-10(6-8-11)15-19-13(9-3-1-2-4-9)12(17)14(18)20-15/h5-9H,1-4H2,(H2,18,19,20). The fraction of sp³-hybridized carbons (Fsp3) is 0.333. The van der Waals surface area contributed by atoms with E-state index in [9.17, 15) is 0 Å². The number of aromatic nitrogens is 2. The van der Waals surface area contributed by atoms with Crippen molar-refractivity contribution >= 4 is 44.3 Å². The van der Waals surface area contributed by atoms with Crippen LogP contribution in [0.4, 0.5) is 5.82 Å². The number of nitrogens with two attached hydrogens (primary N) is 1. The molecule has 0 saturated heterocycles. The molecule has 1 aliphatic carbocycles. The van der Waals surface area contributed by atoms with E-state index in [0.29, 0.717) is 11.7 Å². The Bertz CT molecular complexity index is 622. The Morgan fingerprint density at radius 2 is 1.75 bits per heavy atom. The molecule has 1 fully saturated rings. The van der Waals surface area contributed by atoms with Crippen LogP contribution >= 0.6 is 38.5 Å². The average molecular weight is 444 g/mol. The van der Waals surface area contributed by atoms with E-state index in [0.717, 1.165) is 25.1 Å². The van der Waals surface area contributed by atoms with E-state index in [1.54, 1.807) is 0 Å². The lowest BCUT2D eigenvalue weighted by atomic mass is 10.0. The summed E-state index contributed by atoms with van der Waals surface area (Å²) in [5, 5.41) is 0.